The third-order valence-corrected chi connectivity index (χ3v) is 6.53. The molecule has 37 heavy (non-hydrogen) atoms. The van der Waals surface area contributed by atoms with Crippen molar-refractivity contribution >= 4 is 32.8 Å². The third-order valence-electron chi connectivity index (χ3n) is 6.53. The van der Waals surface area contributed by atoms with Gasteiger partial charge < -0.3 is 24.3 Å². The summed E-state index contributed by atoms with van der Waals surface area (Å²) in [6.07, 6.45) is 1.91. The van der Waals surface area contributed by atoms with Crippen LogP contribution in [0.2, 0.25) is 0 Å². The molecule has 192 valence electrons. The predicted octanol–water partition coefficient (Wildman–Crippen LogP) is 3.58. The zero-order chi connectivity index (χ0) is 26.3. The quantitative estimate of drug-likeness (QED) is 0.340. The van der Waals surface area contributed by atoms with E-state index in [4.69, 9.17) is 19.7 Å². The molecule has 10 nitrogen and oxygen atoms in total. The minimum absolute atomic E-state index is 0.0245. The van der Waals surface area contributed by atoms with Crippen LogP contribution in [-0.4, -0.2) is 39.5 Å². The predicted molar refractivity (Wildman–Crippen MR) is 142 cm³/mol. The zero-order valence-corrected chi connectivity index (χ0v) is 21.2. The van der Waals surface area contributed by atoms with Gasteiger partial charge in [0.05, 0.1) is 18.0 Å². The van der Waals surface area contributed by atoms with E-state index in [0.29, 0.717) is 42.2 Å². The lowest BCUT2D eigenvalue weighted by atomic mass is 10.0. The fourth-order valence-electron chi connectivity index (χ4n) is 4.88. The van der Waals surface area contributed by atoms with Crippen LogP contribution in [0, 0.1) is 0 Å². The molecule has 5 aromatic rings. The number of ether oxygens (including phenoxy) is 2. The maximum Gasteiger partial charge on any atom is 0.282 e. The average Bonchev–Trinajstić information content (AvgIpc) is 3.37. The van der Waals surface area contributed by atoms with E-state index in [1.165, 1.54) is 13.4 Å². The number of benzene rings is 1. The van der Waals surface area contributed by atoms with Crippen molar-refractivity contribution in [3.8, 4) is 11.6 Å². The Morgan fingerprint density at radius 2 is 1.86 bits per heavy atom. The van der Waals surface area contributed by atoms with Gasteiger partial charge in [0.2, 0.25) is 5.88 Å². The maximum absolute atomic E-state index is 13.5. The van der Waals surface area contributed by atoms with Crippen LogP contribution < -0.4 is 26.3 Å². The number of rotatable bonds is 8. The number of aromatic nitrogens is 4. The van der Waals surface area contributed by atoms with Crippen molar-refractivity contribution in [2.45, 2.75) is 39.3 Å². The van der Waals surface area contributed by atoms with Crippen LogP contribution >= 0.6 is 0 Å². The van der Waals surface area contributed by atoms with Crippen LogP contribution in [0.25, 0.3) is 32.8 Å². The SMILES string of the molecule is COc1ccc2c3conc3c(=O)n(C(C)Cc3cc4ccc(=O)n(C(C)C)c4cc3OCCN)c2n1. The Hall–Kier alpha value is -4.18. The minimum Gasteiger partial charge on any atom is -0.492 e. The van der Waals surface area contributed by atoms with Gasteiger partial charge in [0.15, 0.2) is 5.52 Å². The summed E-state index contributed by atoms with van der Waals surface area (Å²) in [7, 11) is 1.53. The van der Waals surface area contributed by atoms with E-state index in [1.54, 1.807) is 21.3 Å². The van der Waals surface area contributed by atoms with Gasteiger partial charge in [-0.15, -0.1) is 0 Å². The Bertz CT molecular complexity index is 1730. The van der Waals surface area contributed by atoms with Crippen molar-refractivity contribution < 1.29 is 14.0 Å². The molecule has 2 N–H and O–H groups in total. The summed E-state index contributed by atoms with van der Waals surface area (Å²) in [5.41, 5.74) is 7.73. The monoisotopic (exact) mass is 503 g/mol. The molecule has 4 aromatic heterocycles. The lowest BCUT2D eigenvalue weighted by Gasteiger charge is -2.21. The Morgan fingerprint density at radius 3 is 2.59 bits per heavy atom. The first-order valence-corrected chi connectivity index (χ1v) is 12.2. The van der Waals surface area contributed by atoms with Gasteiger partial charge in [-0.2, -0.15) is 4.98 Å². The molecule has 0 saturated carbocycles. The number of nitrogens with zero attached hydrogens (tertiary/aromatic N) is 4. The summed E-state index contributed by atoms with van der Waals surface area (Å²) in [6, 6.07) is 10.5. The molecule has 4 heterocycles. The molecule has 0 spiro atoms. The molecule has 1 aromatic carbocycles. The van der Waals surface area contributed by atoms with Crippen molar-refractivity contribution in [3.05, 3.63) is 68.9 Å². The highest BCUT2D eigenvalue weighted by Gasteiger charge is 2.21. The normalized spacial score (nSPS) is 12.6. The smallest absolute Gasteiger partial charge is 0.282 e. The van der Waals surface area contributed by atoms with Gasteiger partial charge in [-0.05, 0) is 56.3 Å². The molecular formula is C27H29N5O5. The largest absolute Gasteiger partial charge is 0.492 e. The molecule has 0 amide bonds. The van der Waals surface area contributed by atoms with E-state index in [-0.39, 0.29) is 28.7 Å². The van der Waals surface area contributed by atoms with Crippen molar-refractivity contribution in [2.24, 2.45) is 5.73 Å². The fraction of sp³-hybridized carbons (Fsp3) is 0.333. The molecule has 1 unspecified atom stereocenters. The van der Waals surface area contributed by atoms with Crippen LogP contribution in [0.1, 0.15) is 38.4 Å². The molecule has 0 aliphatic carbocycles. The Balaban J connectivity index is 1.68. The van der Waals surface area contributed by atoms with Gasteiger partial charge >= 0.3 is 0 Å². The highest BCUT2D eigenvalue weighted by Crippen LogP contribution is 2.31. The molecule has 0 radical (unpaired) electrons. The Kier molecular flexibility index (Phi) is 6.43. The summed E-state index contributed by atoms with van der Waals surface area (Å²) >= 11 is 0. The van der Waals surface area contributed by atoms with Crippen molar-refractivity contribution in [1.82, 2.24) is 19.3 Å². The standard InChI is InChI=1S/C27H29N5O5/c1-15(2)31-21-13-22(36-10-9-28)18(12-17(21)5-8-24(31)33)11-16(3)32-26-19(6-7-23(29-26)35-4)20-14-37-30-25(20)27(32)34/h5-8,12-16H,9-11,28H2,1-4H3. The molecule has 10 heteroatoms. The second-order valence-corrected chi connectivity index (χ2v) is 9.32. The Morgan fingerprint density at radius 1 is 1.05 bits per heavy atom. The van der Waals surface area contributed by atoms with Gasteiger partial charge in [-0.3, -0.25) is 14.2 Å². The number of fused-ring (bicyclic) bond motifs is 4. The summed E-state index contributed by atoms with van der Waals surface area (Å²) in [5, 5.41) is 6.20. The molecule has 0 aliphatic heterocycles. The number of methoxy groups -OCH3 is 1. The third kappa shape index (κ3) is 4.23. The number of hydrogen-bond acceptors (Lipinski definition) is 8. The Labute approximate surface area is 212 Å². The van der Waals surface area contributed by atoms with Gasteiger partial charge in [0, 0.05) is 42.2 Å². The van der Waals surface area contributed by atoms with E-state index >= 15 is 0 Å². The second-order valence-electron chi connectivity index (χ2n) is 9.32. The molecular weight excluding hydrogens is 474 g/mol. The van der Waals surface area contributed by atoms with Crippen LogP contribution in [-0.2, 0) is 6.42 Å². The average molecular weight is 504 g/mol. The maximum atomic E-state index is 13.5. The number of hydrogen-bond donors (Lipinski definition) is 1. The topological polar surface area (TPSA) is 127 Å². The van der Waals surface area contributed by atoms with E-state index in [0.717, 1.165) is 21.9 Å². The second kappa shape index (κ2) is 9.70. The van der Waals surface area contributed by atoms with Crippen LogP contribution in [0.5, 0.6) is 11.6 Å². The summed E-state index contributed by atoms with van der Waals surface area (Å²) in [6.45, 7) is 6.54. The first kappa shape index (κ1) is 24.5. The van der Waals surface area contributed by atoms with E-state index in [9.17, 15) is 9.59 Å². The van der Waals surface area contributed by atoms with Gasteiger partial charge in [-0.1, -0.05) is 5.16 Å². The van der Waals surface area contributed by atoms with Crippen LogP contribution in [0.4, 0.5) is 0 Å². The van der Waals surface area contributed by atoms with Gasteiger partial charge in [-0.25, -0.2) is 0 Å². The van der Waals surface area contributed by atoms with Gasteiger partial charge in [0.25, 0.3) is 11.1 Å². The molecule has 0 aliphatic rings. The van der Waals surface area contributed by atoms with Crippen molar-refractivity contribution in [3.63, 3.8) is 0 Å². The summed E-state index contributed by atoms with van der Waals surface area (Å²) in [4.78, 5) is 30.7. The first-order chi connectivity index (χ1) is 17.8. The van der Waals surface area contributed by atoms with E-state index in [1.807, 2.05) is 45.0 Å². The minimum atomic E-state index is -0.329. The number of nitrogens with two attached hydrogens (primary N) is 1. The molecule has 5 rings (SSSR count). The summed E-state index contributed by atoms with van der Waals surface area (Å²) in [5.74, 6) is 1.02. The fourth-order valence-corrected chi connectivity index (χ4v) is 4.88. The lowest BCUT2D eigenvalue weighted by Crippen LogP contribution is -2.26. The molecule has 0 bridgehead atoms. The first-order valence-electron chi connectivity index (χ1n) is 12.2. The van der Waals surface area contributed by atoms with Gasteiger partial charge in [0.1, 0.15) is 24.3 Å². The van der Waals surface area contributed by atoms with Crippen LogP contribution in [0.3, 0.4) is 0 Å². The highest BCUT2D eigenvalue weighted by atomic mass is 16.5. The van der Waals surface area contributed by atoms with Crippen molar-refractivity contribution in [1.29, 1.82) is 0 Å². The van der Waals surface area contributed by atoms with Crippen molar-refractivity contribution in [2.75, 3.05) is 20.3 Å². The summed E-state index contributed by atoms with van der Waals surface area (Å²) < 4.78 is 19.9. The van der Waals surface area contributed by atoms with E-state index in [2.05, 4.69) is 10.1 Å². The molecule has 1 atom stereocenters. The van der Waals surface area contributed by atoms with E-state index < -0.39 is 0 Å². The number of pyridine rings is 3. The molecule has 0 saturated heterocycles. The van der Waals surface area contributed by atoms with Crippen LogP contribution in [0.15, 0.2) is 56.8 Å². The lowest BCUT2D eigenvalue weighted by molar-refractivity contribution is 0.323. The zero-order valence-electron chi connectivity index (χ0n) is 21.2. The highest BCUT2D eigenvalue weighted by molar-refractivity contribution is 6.02. The molecule has 0 fully saturated rings.